The van der Waals surface area contributed by atoms with E-state index in [9.17, 15) is 0 Å². The minimum atomic E-state index is 0.496. The highest BCUT2D eigenvalue weighted by Gasteiger charge is 2.14. The van der Waals surface area contributed by atoms with E-state index in [-0.39, 0.29) is 0 Å². The Morgan fingerprint density at radius 2 is 2.29 bits per heavy atom. The summed E-state index contributed by atoms with van der Waals surface area (Å²) in [7, 11) is 0. The van der Waals surface area contributed by atoms with Gasteiger partial charge in [0.25, 0.3) is 5.19 Å². The molecular formula is C13H16N2OS. The number of hydrogen-bond donors (Lipinski definition) is 1. The predicted octanol–water partition coefficient (Wildman–Crippen LogP) is 2.82. The standard InChI is InChI=1S/C13H16N2OS/c1-2-7-12-11(6-1)15-13(17-12)16-9-10-5-3-4-8-14-10/h1-2,6-7,10,14H,3-5,8-9H2/t10-/m0/s1. The zero-order chi connectivity index (χ0) is 11.5. The molecule has 1 fully saturated rings. The maximum atomic E-state index is 5.78. The van der Waals surface area contributed by atoms with Gasteiger partial charge < -0.3 is 10.1 Å². The van der Waals surface area contributed by atoms with Crippen LogP contribution in [0.1, 0.15) is 19.3 Å². The number of nitrogens with zero attached hydrogens (tertiary/aromatic N) is 1. The normalized spacial score (nSPS) is 20.6. The van der Waals surface area contributed by atoms with Gasteiger partial charge in [0.2, 0.25) is 0 Å². The van der Waals surface area contributed by atoms with E-state index >= 15 is 0 Å². The molecule has 0 saturated carbocycles. The Hall–Kier alpha value is -1.13. The molecule has 3 nitrogen and oxygen atoms in total. The van der Waals surface area contributed by atoms with Crippen LogP contribution in [0.5, 0.6) is 5.19 Å². The molecule has 1 saturated heterocycles. The van der Waals surface area contributed by atoms with Crippen molar-refractivity contribution in [2.24, 2.45) is 0 Å². The van der Waals surface area contributed by atoms with Crippen molar-refractivity contribution >= 4 is 21.6 Å². The molecule has 4 heteroatoms. The fourth-order valence-electron chi connectivity index (χ4n) is 2.15. The number of piperidine rings is 1. The smallest absolute Gasteiger partial charge is 0.274 e. The Kier molecular flexibility index (Phi) is 3.25. The minimum Gasteiger partial charge on any atom is -0.468 e. The monoisotopic (exact) mass is 248 g/mol. The molecule has 1 aromatic heterocycles. The summed E-state index contributed by atoms with van der Waals surface area (Å²) in [5.74, 6) is 0. The Morgan fingerprint density at radius 1 is 1.35 bits per heavy atom. The van der Waals surface area contributed by atoms with Gasteiger partial charge in [-0.3, -0.25) is 0 Å². The van der Waals surface area contributed by atoms with Gasteiger partial charge in [-0.15, -0.1) is 0 Å². The molecule has 0 amide bonds. The third kappa shape index (κ3) is 2.58. The number of nitrogens with one attached hydrogen (secondary N) is 1. The molecule has 1 aliphatic heterocycles. The van der Waals surface area contributed by atoms with Crippen LogP contribution in [0.2, 0.25) is 0 Å². The van der Waals surface area contributed by atoms with Gasteiger partial charge in [0.15, 0.2) is 0 Å². The molecule has 0 aliphatic carbocycles. The molecule has 1 aliphatic rings. The van der Waals surface area contributed by atoms with Gasteiger partial charge in [0.05, 0.1) is 10.2 Å². The summed E-state index contributed by atoms with van der Waals surface area (Å²) in [6, 6.07) is 8.65. The number of fused-ring (bicyclic) bond motifs is 1. The number of benzene rings is 1. The molecule has 0 bridgehead atoms. The second-order valence-corrected chi connectivity index (χ2v) is 5.40. The Morgan fingerprint density at radius 3 is 3.12 bits per heavy atom. The van der Waals surface area contributed by atoms with Gasteiger partial charge in [0.1, 0.15) is 6.61 Å². The minimum absolute atomic E-state index is 0.496. The third-order valence-electron chi connectivity index (χ3n) is 3.09. The highest BCUT2D eigenvalue weighted by Crippen LogP contribution is 2.27. The average molecular weight is 248 g/mol. The van der Waals surface area contributed by atoms with Gasteiger partial charge in [-0.1, -0.05) is 29.9 Å². The van der Waals surface area contributed by atoms with Crippen molar-refractivity contribution in [2.45, 2.75) is 25.3 Å². The van der Waals surface area contributed by atoms with Crippen LogP contribution < -0.4 is 10.1 Å². The quantitative estimate of drug-likeness (QED) is 0.907. The first-order valence-corrected chi connectivity index (χ1v) is 6.95. The van der Waals surface area contributed by atoms with Gasteiger partial charge in [-0.05, 0) is 31.5 Å². The first kappa shape index (κ1) is 11.0. The lowest BCUT2D eigenvalue weighted by atomic mass is 10.1. The van der Waals surface area contributed by atoms with Crippen LogP contribution in [0.3, 0.4) is 0 Å². The second-order valence-electron chi connectivity index (χ2n) is 4.41. The first-order chi connectivity index (χ1) is 8.42. The van der Waals surface area contributed by atoms with Crippen LogP contribution in [0.25, 0.3) is 10.2 Å². The molecule has 2 aromatic rings. The lowest BCUT2D eigenvalue weighted by molar-refractivity contribution is 0.238. The largest absolute Gasteiger partial charge is 0.468 e. The van der Waals surface area contributed by atoms with Crippen LogP contribution >= 0.6 is 11.3 Å². The van der Waals surface area contributed by atoms with E-state index in [0.29, 0.717) is 6.04 Å². The van der Waals surface area contributed by atoms with Crippen LogP contribution in [0.15, 0.2) is 24.3 Å². The number of ether oxygens (including phenoxy) is 1. The van der Waals surface area contributed by atoms with Crippen molar-refractivity contribution in [2.75, 3.05) is 13.2 Å². The van der Waals surface area contributed by atoms with E-state index in [1.807, 2.05) is 18.2 Å². The lowest BCUT2D eigenvalue weighted by Gasteiger charge is -2.22. The number of para-hydroxylation sites is 1. The van der Waals surface area contributed by atoms with E-state index in [2.05, 4.69) is 16.4 Å². The summed E-state index contributed by atoms with van der Waals surface area (Å²) in [6.45, 7) is 1.85. The average Bonchev–Trinajstić information content (AvgIpc) is 2.80. The van der Waals surface area contributed by atoms with Crippen molar-refractivity contribution in [3.63, 3.8) is 0 Å². The molecule has 1 N–H and O–H groups in total. The summed E-state index contributed by atoms with van der Waals surface area (Å²) < 4.78 is 6.97. The van der Waals surface area contributed by atoms with Gasteiger partial charge >= 0.3 is 0 Å². The summed E-state index contributed by atoms with van der Waals surface area (Å²) >= 11 is 1.62. The topological polar surface area (TPSA) is 34.1 Å². The third-order valence-corrected chi connectivity index (χ3v) is 4.04. The van der Waals surface area contributed by atoms with E-state index in [1.54, 1.807) is 11.3 Å². The zero-order valence-electron chi connectivity index (χ0n) is 9.69. The Bertz CT molecular complexity index is 458. The summed E-state index contributed by atoms with van der Waals surface area (Å²) in [5, 5.41) is 4.27. The maximum Gasteiger partial charge on any atom is 0.274 e. The lowest BCUT2D eigenvalue weighted by Crippen LogP contribution is -2.38. The van der Waals surface area contributed by atoms with Crippen LogP contribution in [-0.2, 0) is 0 Å². The molecule has 0 spiro atoms. The van der Waals surface area contributed by atoms with Crippen molar-refractivity contribution in [3.8, 4) is 5.19 Å². The fraction of sp³-hybridized carbons (Fsp3) is 0.462. The highest BCUT2D eigenvalue weighted by molar-refractivity contribution is 7.20. The number of rotatable bonds is 3. The Balaban J connectivity index is 1.64. The SMILES string of the molecule is c1ccc2sc(OC[C@@H]3CCCCN3)nc2c1. The maximum absolute atomic E-state index is 5.78. The highest BCUT2D eigenvalue weighted by atomic mass is 32.1. The fourth-order valence-corrected chi connectivity index (χ4v) is 2.97. The molecule has 17 heavy (non-hydrogen) atoms. The molecule has 3 rings (SSSR count). The van der Waals surface area contributed by atoms with Crippen molar-refractivity contribution in [1.29, 1.82) is 0 Å². The van der Waals surface area contributed by atoms with E-state index in [0.717, 1.165) is 23.9 Å². The van der Waals surface area contributed by atoms with Crippen LogP contribution in [0.4, 0.5) is 0 Å². The number of thiazole rings is 1. The molecule has 2 heterocycles. The van der Waals surface area contributed by atoms with Crippen molar-refractivity contribution in [1.82, 2.24) is 10.3 Å². The number of hydrogen-bond acceptors (Lipinski definition) is 4. The summed E-state index contributed by atoms with van der Waals surface area (Å²) in [6.07, 6.45) is 3.81. The molecule has 1 atom stereocenters. The molecule has 0 radical (unpaired) electrons. The molecule has 0 unspecified atom stereocenters. The van der Waals surface area contributed by atoms with E-state index in [1.165, 1.54) is 24.0 Å². The van der Waals surface area contributed by atoms with Crippen molar-refractivity contribution in [3.05, 3.63) is 24.3 Å². The molecular weight excluding hydrogens is 232 g/mol. The van der Waals surface area contributed by atoms with Crippen LogP contribution in [-0.4, -0.2) is 24.2 Å². The van der Waals surface area contributed by atoms with Crippen LogP contribution in [0, 0.1) is 0 Å². The molecule has 90 valence electrons. The van der Waals surface area contributed by atoms with E-state index < -0.39 is 0 Å². The van der Waals surface area contributed by atoms with Gasteiger partial charge in [-0.25, -0.2) is 4.98 Å². The molecule has 1 aromatic carbocycles. The Labute approximate surface area is 105 Å². The summed E-state index contributed by atoms with van der Waals surface area (Å²) in [5.41, 5.74) is 1.03. The predicted molar refractivity (Wildman–Crippen MR) is 70.8 cm³/mol. The number of aromatic nitrogens is 1. The van der Waals surface area contributed by atoms with Gasteiger partial charge in [0, 0.05) is 6.04 Å². The summed E-state index contributed by atoms with van der Waals surface area (Å²) in [4.78, 5) is 4.47. The van der Waals surface area contributed by atoms with Gasteiger partial charge in [-0.2, -0.15) is 0 Å². The zero-order valence-corrected chi connectivity index (χ0v) is 10.5. The van der Waals surface area contributed by atoms with Crippen molar-refractivity contribution < 1.29 is 4.74 Å². The van der Waals surface area contributed by atoms with E-state index in [4.69, 9.17) is 4.74 Å². The first-order valence-electron chi connectivity index (χ1n) is 6.13. The second kappa shape index (κ2) is 5.02.